The Bertz CT molecular complexity index is 623. The average Bonchev–Trinajstić information content (AvgIpc) is 3.06. The number of rotatable bonds is 6. The van der Waals surface area contributed by atoms with Gasteiger partial charge in [0.1, 0.15) is 12.7 Å². The molecule has 8 nitrogen and oxygen atoms in total. The number of nitro groups is 1. The summed E-state index contributed by atoms with van der Waals surface area (Å²) in [6.07, 6.45) is 1.65. The minimum absolute atomic E-state index is 0.0258. The third kappa shape index (κ3) is 3.49. The van der Waals surface area contributed by atoms with Gasteiger partial charge < -0.3 is 14.7 Å². The Morgan fingerprint density at radius 3 is 2.96 bits per heavy atom. The van der Waals surface area contributed by atoms with Gasteiger partial charge in [-0.1, -0.05) is 12.1 Å². The predicted molar refractivity (Wildman–Crippen MR) is 85.5 cm³/mol. The van der Waals surface area contributed by atoms with Crippen molar-refractivity contribution in [2.45, 2.75) is 31.5 Å². The Labute approximate surface area is 139 Å². The van der Waals surface area contributed by atoms with Crippen molar-refractivity contribution in [2.75, 3.05) is 26.2 Å². The quantitative estimate of drug-likeness (QED) is 0.615. The number of fused-ring (bicyclic) bond motifs is 1. The smallest absolute Gasteiger partial charge is 0.310 e. The molecule has 2 heterocycles. The second-order valence-electron chi connectivity index (χ2n) is 6.14. The van der Waals surface area contributed by atoms with Crippen molar-refractivity contribution >= 4 is 11.6 Å². The Morgan fingerprint density at radius 2 is 2.17 bits per heavy atom. The molecule has 3 rings (SSSR count). The summed E-state index contributed by atoms with van der Waals surface area (Å²) in [5.41, 5.74) is -0.116. The highest BCUT2D eigenvalue weighted by Crippen LogP contribution is 2.27. The number of nitrogens with zero attached hydrogens (tertiary/aromatic N) is 3. The Hall–Kier alpha value is -2.19. The minimum atomic E-state index is -0.777. The number of β-amino-alcohol motifs (C(OH)–C–C–N with tert-alkyl or cyclic N) is 1. The monoisotopic (exact) mass is 335 g/mol. The first-order chi connectivity index (χ1) is 11.6. The van der Waals surface area contributed by atoms with Crippen LogP contribution in [0.1, 0.15) is 19.3 Å². The Balaban J connectivity index is 1.56. The van der Waals surface area contributed by atoms with Gasteiger partial charge in [0, 0.05) is 32.1 Å². The van der Waals surface area contributed by atoms with Crippen LogP contribution in [0.15, 0.2) is 24.3 Å². The molecule has 1 aromatic carbocycles. The molecule has 130 valence electrons. The molecule has 1 N–H and O–H groups in total. The fraction of sp³-hybridized carbons (Fsp3) is 0.562. The normalized spacial score (nSPS) is 22.3. The molecule has 2 aliphatic rings. The molecule has 24 heavy (non-hydrogen) atoms. The van der Waals surface area contributed by atoms with E-state index in [4.69, 9.17) is 4.74 Å². The summed E-state index contributed by atoms with van der Waals surface area (Å²) >= 11 is 0. The van der Waals surface area contributed by atoms with E-state index in [1.807, 2.05) is 4.90 Å². The zero-order valence-electron chi connectivity index (χ0n) is 13.3. The van der Waals surface area contributed by atoms with Gasteiger partial charge in [0.05, 0.1) is 11.1 Å². The van der Waals surface area contributed by atoms with Gasteiger partial charge in [-0.25, -0.2) is 0 Å². The fourth-order valence-corrected chi connectivity index (χ4v) is 3.40. The fourth-order valence-electron chi connectivity index (χ4n) is 3.40. The topological polar surface area (TPSA) is 96.2 Å². The summed E-state index contributed by atoms with van der Waals surface area (Å²) in [6.45, 7) is 1.77. The molecule has 8 heteroatoms. The van der Waals surface area contributed by atoms with Crippen LogP contribution < -0.4 is 4.74 Å². The van der Waals surface area contributed by atoms with Gasteiger partial charge in [0.25, 0.3) is 0 Å². The van der Waals surface area contributed by atoms with E-state index in [1.54, 1.807) is 12.1 Å². The average molecular weight is 335 g/mol. The lowest BCUT2D eigenvalue weighted by Crippen LogP contribution is -2.55. The standard InChI is InChI=1S/C16H21N3O5/c20-12(11-24-14-5-2-1-4-13(14)19(22)23)10-17-9-7-16(21)18-8-3-6-15(17)18/h1-2,4-5,12,15,20H,3,6-11H2. The summed E-state index contributed by atoms with van der Waals surface area (Å²) in [4.78, 5) is 26.3. The Kier molecular flexibility index (Phi) is 4.96. The molecular weight excluding hydrogens is 314 g/mol. The van der Waals surface area contributed by atoms with Crippen molar-refractivity contribution in [1.82, 2.24) is 9.80 Å². The number of nitro benzene ring substituents is 1. The van der Waals surface area contributed by atoms with Gasteiger partial charge in [0.15, 0.2) is 5.75 Å². The number of aliphatic hydroxyl groups excluding tert-OH is 1. The third-order valence-corrected chi connectivity index (χ3v) is 4.51. The summed E-state index contributed by atoms with van der Waals surface area (Å²) < 4.78 is 5.44. The SMILES string of the molecule is O=C1CCN(CC(O)COc2ccccc2[N+](=O)[O-])C2CCCN12. The van der Waals surface area contributed by atoms with Gasteiger partial charge >= 0.3 is 5.69 Å². The van der Waals surface area contributed by atoms with Crippen molar-refractivity contribution in [1.29, 1.82) is 0 Å². The highest BCUT2D eigenvalue weighted by atomic mass is 16.6. The van der Waals surface area contributed by atoms with Crippen molar-refractivity contribution in [3.05, 3.63) is 34.4 Å². The number of benzene rings is 1. The number of amides is 1. The van der Waals surface area contributed by atoms with Gasteiger partial charge in [-0.15, -0.1) is 0 Å². The summed E-state index contributed by atoms with van der Waals surface area (Å²) in [5, 5.41) is 21.2. The lowest BCUT2D eigenvalue weighted by Gasteiger charge is -2.40. The summed E-state index contributed by atoms with van der Waals surface area (Å²) in [5.74, 6) is 0.331. The van der Waals surface area contributed by atoms with Gasteiger partial charge in [-0.05, 0) is 18.9 Å². The molecule has 0 saturated carbocycles. The third-order valence-electron chi connectivity index (χ3n) is 4.51. The molecule has 0 bridgehead atoms. The highest BCUT2D eigenvalue weighted by Gasteiger charge is 2.37. The number of carbonyl (C=O) groups excluding carboxylic acids is 1. The van der Waals surface area contributed by atoms with E-state index < -0.39 is 11.0 Å². The van der Waals surface area contributed by atoms with Crippen LogP contribution in [-0.4, -0.2) is 64.2 Å². The van der Waals surface area contributed by atoms with E-state index in [1.165, 1.54) is 12.1 Å². The highest BCUT2D eigenvalue weighted by molar-refractivity contribution is 5.77. The second-order valence-corrected chi connectivity index (χ2v) is 6.14. The number of carbonyl (C=O) groups is 1. The van der Waals surface area contributed by atoms with Gasteiger partial charge in [-0.2, -0.15) is 0 Å². The van der Waals surface area contributed by atoms with Crippen LogP contribution in [0.5, 0.6) is 5.75 Å². The molecule has 0 radical (unpaired) electrons. The van der Waals surface area contributed by atoms with E-state index in [0.717, 1.165) is 19.4 Å². The number of hydrogen-bond donors (Lipinski definition) is 1. The van der Waals surface area contributed by atoms with Crippen LogP contribution in [0.3, 0.4) is 0 Å². The second kappa shape index (κ2) is 7.14. The summed E-state index contributed by atoms with van der Waals surface area (Å²) in [7, 11) is 0. The molecule has 2 fully saturated rings. The molecule has 0 aromatic heterocycles. The van der Waals surface area contributed by atoms with Crippen LogP contribution in [0.25, 0.3) is 0 Å². The lowest BCUT2D eigenvalue weighted by atomic mass is 10.2. The van der Waals surface area contributed by atoms with E-state index in [-0.39, 0.29) is 30.1 Å². The zero-order valence-corrected chi connectivity index (χ0v) is 13.3. The first-order valence-electron chi connectivity index (χ1n) is 8.14. The largest absolute Gasteiger partial charge is 0.484 e. The molecule has 2 unspecified atom stereocenters. The van der Waals surface area contributed by atoms with Crippen molar-refractivity contribution in [3.8, 4) is 5.75 Å². The van der Waals surface area contributed by atoms with E-state index >= 15 is 0 Å². The molecule has 0 spiro atoms. The van der Waals surface area contributed by atoms with Crippen LogP contribution >= 0.6 is 0 Å². The van der Waals surface area contributed by atoms with E-state index in [9.17, 15) is 20.0 Å². The van der Waals surface area contributed by atoms with Crippen LogP contribution in [0, 0.1) is 10.1 Å². The molecule has 2 aliphatic heterocycles. The van der Waals surface area contributed by atoms with Crippen molar-refractivity contribution in [2.24, 2.45) is 0 Å². The van der Waals surface area contributed by atoms with Gasteiger partial charge in [0.2, 0.25) is 5.91 Å². The van der Waals surface area contributed by atoms with Gasteiger partial charge in [-0.3, -0.25) is 19.8 Å². The Morgan fingerprint density at radius 1 is 1.38 bits per heavy atom. The first kappa shape index (κ1) is 16.7. The predicted octanol–water partition coefficient (Wildman–Crippen LogP) is 0.989. The van der Waals surface area contributed by atoms with Crippen molar-refractivity contribution < 1.29 is 19.6 Å². The molecule has 1 aromatic rings. The van der Waals surface area contributed by atoms with Crippen LogP contribution in [0.4, 0.5) is 5.69 Å². The maximum atomic E-state index is 11.9. The lowest BCUT2D eigenvalue weighted by molar-refractivity contribution is -0.385. The van der Waals surface area contributed by atoms with E-state index in [2.05, 4.69) is 4.90 Å². The summed E-state index contributed by atoms with van der Waals surface area (Å²) in [6, 6.07) is 6.11. The van der Waals surface area contributed by atoms with Crippen LogP contribution in [0.2, 0.25) is 0 Å². The minimum Gasteiger partial charge on any atom is -0.484 e. The van der Waals surface area contributed by atoms with Crippen LogP contribution in [-0.2, 0) is 4.79 Å². The molecular formula is C16H21N3O5. The maximum Gasteiger partial charge on any atom is 0.310 e. The molecule has 2 saturated heterocycles. The zero-order chi connectivity index (χ0) is 17.1. The molecule has 1 amide bonds. The maximum absolute atomic E-state index is 11.9. The number of para-hydroxylation sites is 2. The number of ether oxygens (including phenoxy) is 1. The molecule has 0 aliphatic carbocycles. The van der Waals surface area contributed by atoms with Crippen molar-refractivity contribution in [3.63, 3.8) is 0 Å². The number of aliphatic hydroxyl groups is 1. The molecule has 2 atom stereocenters. The van der Waals surface area contributed by atoms with E-state index in [0.29, 0.717) is 19.5 Å². The number of hydrogen-bond acceptors (Lipinski definition) is 6. The first-order valence-corrected chi connectivity index (χ1v) is 8.14.